The average molecular weight is 401 g/mol. The fourth-order valence-electron chi connectivity index (χ4n) is 3.25. The lowest BCUT2D eigenvalue weighted by Crippen LogP contribution is -2.21. The van der Waals surface area contributed by atoms with Crippen molar-refractivity contribution >= 4 is 16.7 Å². The Bertz CT molecular complexity index is 1280. The molecule has 4 aromatic rings. The van der Waals surface area contributed by atoms with Gasteiger partial charge in [0.25, 0.3) is 5.56 Å². The van der Waals surface area contributed by atoms with Crippen molar-refractivity contribution in [1.29, 1.82) is 0 Å². The van der Waals surface area contributed by atoms with Gasteiger partial charge in [-0.1, -0.05) is 18.2 Å². The third-order valence-corrected chi connectivity index (χ3v) is 4.85. The molecule has 0 spiro atoms. The van der Waals surface area contributed by atoms with Crippen LogP contribution in [0.25, 0.3) is 22.0 Å². The number of hydrogen-bond acceptors (Lipinski definition) is 6. The van der Waals surface area contributed by atoms with Gasteiger partial charge in [0.1, 0.15) is 6.61 Å². The second kappa shape index (κ2) is 8.26. The summed E-state index contributed by atoms with van der Waals surface area (Å²) in [5, 5.41) is 9.41. The summed E-state index contributed by atoms with van der Waals surface area (Å²) in [5.41, 5.74) is 3.38. The van der Waals surface area contributed by atoms with Crippen LogP contribution in [-0.2, 0) is 6.54 Å². The van der Waals surface area contributed by atoms with E-state index >= 15 is 0 Å². The minimum absolute atomic E-state index is 0.246. The molecule has 7 nitrogen and oxygen atoms in total. The molecule has 0 aliphatic carbocycles. The number of carbonyl (C=O) groups excluding carboxylic acids is 1. The van der Waals surface area contributed by atoms with Crippen LogP contribution in [0.1, 0.15) is 15.9 Å². The molecule has 0 saturated carbocycles. The van der Waals surface area contributed by atoms with E-state index in [0.29, 0.717) is 23.3 Å². The Balaban J connectivity index is 1.67. The normalized spacial score (nSPS) is 10.9. The first-order valence-corrected chi connectivity index (χ1v) is 9.31. The molecule has 0 aliphatic heterocycles. The van der Waals surface area contributed by atoms with Crippen molar-refractivity contribution in [1.82, 2.24) is 14.5 Å². The molecule has 0 unspecified atom stereocenters. The molecule has 0 aliphatic rings. The molecule has 4 rings (SSSR count). The lowest BCUT2D eigenvalue weighted by molar-refractivity contribution is 0.0904. The molecule has 1 N–H and O–H groups in total. The van der Waals surface area contributed by atoms with Crippen molar-refractivity contribution in [2.45, 2.75) is 6.54 Å². The maximum Gasteiger partial charge on any atom is 0.261 e. The summed E-state index contributed by atoms with van der Waals surface area (Å²) >= 11 is 0. The minimum Gasteiger partial charge on any atom is -0.481 e. The predicted octanol–water partition coefficient (Wildman–Crippen LogP) is 2.69. The van der Waals surface area contributed by atoms with Gasteiger partial charge in [-0.25, -0.2) is 9.97 Å². The fraction of sp³-hybridized carbons (Fsp3) is 0.130. The van der Waals surface area contributed by atoms with E-state index in [0.717, 1.165) is 16.7 Å². The van der Waals surface area contributed by atoms with Gasteiger partial charge in [-0.05, 0) is 41.5 Å². The molecule has 0 radical (unpaired) electrons. The number of pyridine rings is 1. The van der Waals surface area contributed by atoms with E-state index in [9.17, 15) is 9.59 Å². The number of aromatic nitrogens is 3. The molecule has 0 saturated heterocycles. The summed E-state index contributed by atoms with van der Waals surface area (Å²) in [4.78, 5) is 33.3. The Kier molecular flexibility index (Phi) is 5.36. The summed E-state index contributed by atoms with van der Waals surface area (Å²) in [6.45, 7) is -0.273. The summed E-state index contributed by atoms with van der Waals surface area (Å²) in [5.74, 6) is 0.107. The quantitative estimate of drug-likeness (QED) is 0.499. The number of benzene rings is 2. The van der Waals surface area contributed by atoms with E-state index in [-0.39, 0.29) is 11.1 Å². The molecule has 150 valence electrons. The Morgan fingerprint density at radius 2 is 1.93 bits per heavy atom. The number of ether oxygens (including phenoxy) is 1. The van der Waals surface area contributed by atoms with Crippen LogP contribution in [0, 0.1) is 0 Å². The van der Waals surface area contributed by atoms with Crippen LogP contribution in [-0.4, -0.2) is 39.1 Å². The standard InChI is InChI=1S/C23H19N3O4/c1-30-22-8-6-18(11-24-22)16-4-2-3-15(9-16)12-26-14-25-20-7-5-17(21(28)13-27)10-19(20)23(26)29/h2-11,14,27H,12-13H2,1H3. The van der Waals surface area contributed by atoms with Crippen molar-refractivity contribution in [3.05, 3.63) is 88.6 Å². The molecule has 30 heavy (non-hydrogen) atoms. The van der Waals surface area contributed by atoms with Crippen LogP contribution in [0.5, 0.6) is 5.88 Å². The average Bonchev–Trinajstić information content (AvgIpc) is 2.80. The highest BCUT2D eigenvalue weighted by atomic mass is 16.5. The van der Waals surface area contributed by atoms with Crippen molar-refractivity contribution in [3.63, 3.8) is 0 Å². The molecule has 7 heteroatoms. The number of methoxy groups -OCH3 is 1. The van der Waals surface area contributed by atoms with E-state index < -0.39 is 12.4 Å². The largest absolute Gasteiger partial charge is 0.481 e. The van der Waals surface area contributed by atoms with E-state index in [1.165, 1.54) is 17.0 Å². The highest BCUT2D eigenvalue weighted by molar-refractivity contribution is 5.99. The number of Topliss-reactive ketones (excluding diaryl/α,β-unsaturated/α-hetero) is 1. The number of fused-ring (bicyclic) bond motifs is 1. The number of carbonyl (C=O) groups is 1. The van der Waals surface area contributed by atoms with Gasteiger partial charge < -0.3 is 9.84 Å². The Labute approximate surface area is 172 Å². The van der Waals surface area contributed by atoms with Gasteiger partial charge in [-0.3, -0.25) is 14.2 Å². The first-order chi connectivity index (χ1) is 14.6. The van der Waals surface area contributed by atoms with Gasteiger partial charge in [0.2, 0.25) is 5.88 Å². The molecule has 0 atom stereocenters. The molecule has 2 aromatic carbocycles. The van der Waals surface area contributed by atoms with Crippen LogP contribution < -0.4 is 10.3 Å². The molecule has 0 fully saturated rings. The molecule has 0 amide bonds. The molecule has 0 bridgehead atoms. The summed E-state index contributed by atoms with van der Waals surface area (Å²) in [6.07, 6.45) is 3.24. The van der Waals surface area contributed by atoms with E-state index in [2.05, 4.69) is 9.97 Å². The smallest absolute Gasteiger partial charge is 0.261 e. The van der Waals surface area contributed by atoms with E-state index in [1.807, 2.05) is 30.3 Å². The maximum absolute atomic E-state index is 12.9. The Morgan fingerprint density at radius 3 is 2.67 bits per heavy atom. The third-order valence-electron chi connectivity index (χ3n) is 4.85. The van der Waals surface area contributed by atoms with Crippen molar-refractivity contribution in [3.8, 4) is 17.0 Å². The van der Waals surface area contributed by atoms with E-state index in [1.54, 1.807) is 31.5 Å². The number of rotatable bonds is 6. The van der Waals surface area contributed by atoms with Crippen LogP contribution in [0.4, 0.5) is 0 Å². The van der Waals surface area contributed by atoms with Gasteiger partial charge in [0.05, 0.1) is 30.9 Å². The highest BCUT2D eigenvalue weighted by Gasteiger charge is 2.10. The fourth-order valence-corrected chi connectivity index (χ4v) is 3.25. The lowest BCUT2D eigenvalue weighted by Gasteiger charge is -2.09. The van der Waals surface area contributed by atoms with Gasteiger partial charge in [-0.15, -0.1) is 0 Å². The SMILES string of the molecule is COc1ccc(-c2cccc(Cn3cnc4ccc(C(=O)CO)cc4c3=O)c2)cn1. The van der Waals surface area contributed by atoms with Gasteiger partial charge in [0, 0.05) is 23.4 Å². The maximum atomic E-state index is 12.9. The number of ketones is 1. The molecule has 2 aromatic heterocycles. The summed E-state index contributed by atoms with van der Waals surface area (Å²) in [6, 6.07) is 16.2. The van der Waals surface area contributed by atoms with Crippen molar-refractivity contribution in [2.75, 3.05) is 13.7 Å². The Hall–Kier alpha value is -3.84. The molecule has 2 heterocycles. The zero-order valence-electron chi connectivity index (χ0n) is 16.3. The zero-order chi connectivity index (χ0) is 21.1. The number of aliphatic hydroxyl groups excluding tert-OH is 1. The summed E-state index contributed by atoms with van der Waals surface area (Å²) < 4.78 is 6.60. The first kappa shape index (κ1) is 19.5. The number of hydrogen-bond donors (Lipinski definition) is 1. The number of aliphatic hydroxyl groups is 1. The topological polar surface area (TPSA) is 94.3 Å². The second-order valence-corrected chi connectivity index (χ2v) is 6.78. The van der Waals surface area contributed by atoms with Gasteiger partial charge >= 0.3 is 0 Å². The zero-order valence-corrected chi connectivity index (χ0v) is 16.3. The molecular formula is C23H19N3O4. The third kappa shape index (κ3) is 3.83. The second-order valence-electron chi connectivity index (χ2n) is 6.78. The van der Waals surface area contributed by atoms with Crippen LogP contribution in [0.2, 0.25) is 0 Å². The van der Waals surface area contributed by atoms with Crippen molar-refractivity contribution in [2.24, 2.45) is 0 Å². The lowest BCUT2D eigenvalue weighted by atomic mass is 10.0. The van der Waals surface area contributed by atoms with Gasteiger partial charge in [-0.2, -0.15) is 0 Å². The van der Waals surface area contributed by atoms with Crippen LogP contribution in [0.15, 0.2) is 71.9 Å². The first-order valence-electron chi connectivity index (χ1n) is 9.31. The predicted molar refractivity (Wildman–Crippen MR) is 113 cm³/mol. The van der Waals surface area contributed by atoms with Gasteiger partial charge in [0.15, 0.2) is 5.78 Å². The van der Waals surface area contributed by atoms with E-state index in [4.69, 9.17) is 9.84 Å². The minimum atomic E-state index is -0.604. The van der Waals surface area contributed by atoms with Crippen LogP contribution in [0.3, 0.4) is 0 Å². The monoisotopic (exact) mass is 401 g/mol. The molecular weight excluding hydrogens is 382 g/mol. The van der Waals surface area contributed by atoms with Crippen molar-refractivity contribution < 1.29 is 14.6 Å². The summed E-state index contributed by atoms with van der Waals surface area (Å²) in [7, 11) is 1.57. The highest BCUT2D eigenvalue weighted by Crippen LogP contribution is 2.22. The van der Waals surface area contributed by atoms with Crippen LogP contribution >= 0.6 is 0 Å². The Morgan fingerprint density at radius 1 is 1.07 bits per heavy atom. The number of nitrogens with zero attached hydrogens (tertiary/aromatic N) is 3.